The van der Waals surface area contributed by atoms with Crippen molar-refractivity contribution in [3.63, 3.8) is 0 Å². The van der Waals surface area contributed by atoms with Crippen LogP contribution in [-0.4, -0.2) is 17.1 Å². The van der Waals surface area contributed by atoms with E-state index in [1.54, 1.807) is 12.1 Å². The largest absolute Gasteiger partial charge is 0.508 e. The number of aromatic nitrogens is 1. The minimum Gasteiger partial charge on any atom is -0.508 e. The summed E-state index contributed by atoms with van der Waals surface area (Å²) in [5.41, 5.74) is 4.56. The third-order valence-corrected chi connectivity index (χ3v) is 3.72. The number of nitrogens with zero attached hydrogens (tertiary/aromatic N) is 2. The standard InChI is InChI=1S/C18H18N2O/c1-13-4-3-5-16-17(10-11-19-18(13)16)20(2)12-14-6-8-15(21)9-7-14/h3-11,21H,12H2,1-2H3. The van der Waals surface area contributed by atoms with Crippen molar-refractivity contribution >= 4 is 16.6 Å². The summed E-state index contributed by atoms with van der Waals surface area (Å²) in [4.78, 5) is 6.69. The molecule has 3 rings (SSSR count). The molecule has 0 radical (unpaired) electrons. The SMILES string of the molecule is Cc1cccc2c(N(C)Cc3ccc(O)cc3)ccnc12. The van der Waals surface area contributed by atoms with Gasteiger partial charge in [0.05, 0.1) is 5.52 Å². The molecule has 21 heavy (non-hydrogen) atoms. The summed E-state index contributed by atoms with van der Waals surface area (Å²) in [7, 11) is 2.07. The molecule has 0 aliphatic carbocycles. The lowest BCUT2D eigenvalue weighted by atomic mass is 10.1. The monoisotopic (exact) mass is 278 g/mol. The number of para-hydroxylation sites is 1. The number of fused-ring (bicyclic) bond motifs is 1. The Hall–Kier alpha value is -2.55. The van der Waals surface area contributed by atoms with Crippen LogP contribution in [0, 0.1) is 6.92 Å². The fourth-order valence-electron chi connectivity index (χ4n) is 2.60. The molecule has 1 N–H and O–H groups in total. The van der Waals surface area contributed by atoms with Gasteiger partial charge in [0.2, 0.25) is 0 Å². The fourth-order valence-corrected chi connectivity index (χ4v) is 2.60. The Balaban J connectivity index is 1.96. The summed E-state index contributed by atoms with van der Waals surface area (Å²) in [5.74, 6) is 0.298. The van der Waals surface area contributed by atoms with Gasteiger partial charge in [-0.3, -0.25) is 4.98 Å². The minimum atomic E-state index is 0.298. The predicted octanol–water partition coefficient (Wildman–Crippen LogP) is 3.89. The maximum absolute atomic E-state index is 9.36. The average Bonchev–Trinajstić information content (AvgIpc) is 2.49. The molecule has 0 aliphatic rings. The van der Waals surface area contributed by atoms with Crippen LogP contribution in [0.2, 0.25) is 0 Å². The van der Waals surface area contributed by atoms with Crippen molar-refractivity contribution in [2.75, 3.05) is 11.9 Å². The second-order valence-corrected chi connectivity index (χ2v) is 5.32. The number of anilines is 1. The minimum absolute atomic E-state index is 0.298. The van der Waals surface area contributed by atoms with Gasteiger partial charge in [-0.15, -0.1) is 0 Å². The van der Waals surface area contributed by atoms with E-state index in [0.717, 1.165) is 23.3 Å². The summed E-state index contributed by atoms with van der Waals surface area (Å²) < 4.78 is 0. The first-order chi connectivity index (χ1) is 10.1. The van der Waals surface area contributed by atoms with Crippen molar-refractivity contribution in [3.05, 3.63) is 65.9 Å². The van der Waals surface area contributed by atoms with Crippen molar-refractivity contribution in [1.29, 1.82) is 0 Å². The van der Waals surface area contributed by atoms with Gasteiger partial charge in [0.15, 0.2) is 0 Å². The number of rotatable bonds is 3. The normalized spacial score (nSPS) is 10.8. The quantitative estimate of drug-likeness (QED) is 0.789. The van der Waals surface area contributed by atoms with Gasteiger partial charge >= 0.3 is 0 Å². The van der Waals surface area contributed by atoms with Crippen LogP contribution in [0.3, 0.4) is 0 Å². The second-order valence-electron chi connectivity index (χ2n) is 5.32. The third kappa shape index (κ3) is 2.68. The number of phenols is 1. The number of aromatic hydroxyl groups is 1. The van der Waals surface area contributed by atoms with Crippen molar-refractivity contribution in [2.24, 2.45) is 0 Å². The number of aryl methyl sites for hydroxylation is 1. The Morgan fingerprint density at radius 3 is 2.57 bits per heavy atom. The number of hydrogen-bond acceptors (Lipinski definition) is 3. The lowest BCUT2D eigenvalue weighted by Crippen LogP contribution is -2.16. The Kier molecular flexibility index (Phi) is 3.48. The van der Waals surface area contributed by atoms with Gasteiger partial charge in [0.25, 0.3) is 0 Å². The highest BCUT2D eigenvalue weighted by Crippen LogP contribution is 2.27. The van der Waals surface area contributed by atoms with Crippen LogP contribution in [0.25, 0.3) is 10.9 Å². The molecule has 1 heterocycles. The van der Waals surface area contributed by atoms with Gasteiger partial charge < -0.3 is 10.0 Å². The molecule has 1 aromatic heterocycles. The highest BCUT2D eigenvalue weighted by Gasteiger charge is 2.08. The molecule has 2 aromatic carbocycles. The highest BCUT2D eigenvalue weighted by atomic mass is 16.3. The first-order valence-electron chi connectivity index (χ1n) is 6.98. The summed E-state index contributed by atoms with van der Waals surface area (Å²) in [6.45, 7) is 2.87. The lowest BCUT2D eigenvalue weighted by molar-refractivity contribution is 0.475. The van der Waals surface area contributed by atoms with E-state index in [4.69, 9.17) is 0 Å². The average molecular weight is 278 g/mol. The van der Waals surface area contributed by atoms with E-state index in [9.17, 15) is 5.11 Å². The van der Waals surface area contributed by atoms with Crippen molar-refractivity contribution in [2.45, 2.75) is 13.5 Å². The van der Waals surface area contributed by atoms with Crippen molar-refractivity contribution in [1.82, 2.24) is 4.98 Å². The van der Waals surface area contributed by atoms with E-state index in [2.05, 4.69) is 42.1 Å². The summed E-state index contributed by atoms with van der Waals surface area (Å²) in [6.07, 6.45) is 1.86. The third-order valence-electron chi connectivity index (χ3n) is 3.72. The highest BCUT2D eigenvalue weighted by molar-refractivity contribution is 5.93. The second kappa shape index (κ2) is 5.44. The molecule has 0 saturated carbocycles. The number of hydrogen-bond donors (Lipinski definition) is 1. The maximum atomic E-state index is 9.36. The molecule has 3 aromatic rings. The number of benzene rings is 2. The van der Waals surface area contributed by atoms with E-state index in [0.29, 0.717) is 5.75 Å². The van der Waals surface area contributed by atoms with E-state index >= 15 is 0 Å². The molecule has 3 nitrogen and oxygen atoms in total. The molecule has 0 unspecified atom stereocenters. The fraction of sp³-hybridized carbons (Fsp3) is 0.167. The molecule has 3 heteroatoms. The Morgan fingerprint density at radius 2 is 1.81 bits per heavy atom. The Labute approximate surface area is 124 Å². The van der Waals surface area contributed by atoms with Crippen molar-refractivity contribution in [3.8, 4) is 5.75 Å². The summed E-state index contributed by atoms with van der Waals surface area (Å²) >= 11 is 0. The van der Waals surface area contributed by atoms with Gasteiger partial charge in [-0.1, -0.05) is 30.3 Å². The summed E-state index contributed by atoms with van der Waals surface area (Å²) in [6, 6.07) is 15.6. The summed E-state index contributed by atoms with van der Waals surface area (Å²) in [5, 5.41) is 10.5. The van der Waals surface area contributed by atoms with Crippen molar-refractivity contribution < 1.29 is 5.11 Å². The zero-order chi connectivity index (χ0) is 14.8. The van der Waals surface area contributed by atoms with Gasteiger partial charge in [-0.05, 0) is 36.2 Å². The predicted molar refractivity (Wildman–Crippen MR) is 86.7 cm³/mol. The van der Waals surface area contributed by atoms with E-state index in [1.165, 1.54) is 10.9 Å². The smallest absolute Gasteiger partial charge is 0.115 e. The molecule has 0 atom stereocenters. The Morgan fingerprint density at radius 1 is 1.05 bits per heavy atom. The molecular formula is C18H18N2O. The van der Waals surface area contributed by atoms with Crippen LogP contribution in [0.5, 0.6) is 5.75 Å². The van der Waals surface area contributed by atoms with Crippen LogP contribution in [0.1, 0.15) is 11.1 Å². The Bertz CT molecular complexity index is 766. The van der Waals surface area contributed by atoms with Crippen LogP contribution in [-0.2, 0) is 6.54 Å². The van der Waals surface area contributed by atoms with E-state index in [-0.39, 0.29) is 0 Å². The van der Waals surface area contributed by atoms with Crippen LogP contribution in [0.4, 0.5) is 5.69 Å². The van der Waals surface area contributed by atoms with Gasteiger partial charge in [-0.2, -0.15) is 0 Å². The molecule has 0 amide bonds. The van der Waals surface area contributed by atoms with Gasteiger partial charge in [0, 0.05) is 30.9 Å². The topological polar surface area (TPSA) is 36.4 Å². The number of phenolic OH excluding ortho intramolecular Hbond substituents is 1. The van der Waals surface area contributed by atoms with E-state index in [1.807, 2.05) is 24.4 Å². The first kappa shape index (κ1) is 13.4. The molecule has 0 aliphatic heterocycles. The molecule has 0 bridgehead atoms. The molecule has 0 fully saturated rings. The van der Waals surface area contributed by atoms with Crippen LogP contribution >= 0.6 is 0 Å². The van der Waals surface area contributed by atoms with Gasteiger partial charge in [-0.25, -0.2) is 0 Å². The molecule has 0 spiro atoms. The van der Waals surface area contributed by atoms with Gasteiger partial charge in [0.1, 0.15) is 5.75 Å². The van der Waals surface area contributed by atoms with Crippen LogP contribution in [0.15, 0.2) is 54.7 Å². The molecule has 0 saturated heterocycles. The number of pyridine rings is 1. The first-order valence-corrected chi connectivity index (χ1v) is 6.98. The molecular weight excluding hydrogens is 260 g/mol. The zero-order valence-electron chi connectivity index (χ0n) is 12.2. The van der Waals surface area contributed by atoms with Crippen LogP contribution < -0.4 is 4.90 Å². The molecule has 106 valence electrons. The lowest BCUT2D eigenvalue weighted by Gasteiger charge is -2.21. The zero-order valence-corrected chi connectivity index (χ0v) is 12.2. The van der Waals surface area contributed by atoms with E-state index < -0.39 is 0 Å². The maximum Gasteiger partial charge on any atom is 0.115 e.